The largest absolute Gasteiger partial charge is 0.350 e. The van der Waals surface area contributed by atoms with Crippen LogP contribution >= 0.6 is 15.9 Å². The van der Waals surface area contributed by atoms with Crippen molar-refractivity contribution in [3.63, 3.8) is 0 Å². The number of halogens is 1. The lowest BCUT2D eigenvalue weighted by molar-refractivity contribution is 0.0919. The minimum Gasteiger partial charge on any atom is -0.350 e. The van der Waals surface area contributed by atoms with Gasteiger partial charge in [0.05, 0.1) is 0 Å². The molecule has 1 fully saturated rings. The van der Waals surface area contributed by atoms with Crippen LogP contribution in [0, 0.1) is 5.41 Å². The fourth-order valence-corrected chi connectivity index (χ4v) is 3.04. The summed E-state index contributed by atoms with van der Waals surface area (Å²) in [6.45, 7) is 5.96. The average Bonchev–Trinajstić information content (AvgIpc) is 3.08. The zero-order valence-corrected chi connectivity index (χ0v) is 14.3. The van der Waals surface area contributed by atoms with Gasteiger partial charge in [0.15, 0.2) is 0 Å². The van der Waals surface area contributed by atoms with Gasteiger partial charge in [0.2, 0.25) is 0 Å². The molecular formula is C15H24BrN3O. The van der Waals surface area contributed by atoms with Gasteiger partial charge in [0.25, 0.3) is 5.91 Å². The quantitative estimate of drug-likeness (QED) is 0.863. The van der Waals surface area contributed by atoms with Crippen molar-refractivity contribution in [3.05, 3.63) is 22.4 Å². The van der Waals surface area contributed by atoms with Crippen LogP contribution < -0.4 is 5.32 Å². The Morgan fingerprint density at radius 3 is 2.70 bits per heavy atom. The Morgan fingerprint density at radius 2 is 2.15 bits per heavy atom. The summed E-state index contributed by atoms with van der Waals surface area (Å²) in [6, 6.07) is 2.42. The molecule has 1 heterocycles. The molecule has 5 heteroatoms. The number of amides is 1. The third kappa shape index (κ3) is 4.09. The summed E-state index contributed by atoms with van der Waals surface area (Å²) >= 11 is 3.46. The van der Waals surface area contributed by atoms with Crippen molar-refractivity contribution in [3.8, 4) is 0 Å². The summed E-state index contributed by atoms with van der Waals surface area (Å²) in [7, 11) is 4.11. The van der Waals surface area contributed by atoms with Crippen LogP contribution in [0.4, 0.5) is 0 Å². The highest BCUT2D eigenvalue weighted by Crippen LogP contribution is 2.37. The Kier molecular flexibility index (Phi) is 4.59. The van der Waals surface area contributed by atoms with E-state index in [1.54, 1.807) is 0 Å². The minimum absolute atomic E-state index is 0.0226. The average molecular weight is 342 g/mol. The number of carbonyl (C=O) groups is 1. The first kappa shape index (κ1) is 15.6. The number of rotatable bonds is 6. The molecule has 1 aliphatic rings. The maximum absolute atomic E-state index is 12.4. The maximum Gasteiger partial charge on any atom is 0.267 e. The van der Waals surface area contributed by atoms with E-state index in [1.807, 2.05) is 12.3 Å². The molecule has 2 rings (SSSR count). The van der Waals surface area contributed by atoms with E-state index in [0.29, 0.717) is 12.6 Å². The SMILES string of the molecule is CN(C)CC(C)(C)CNC(=O)c1cc(Br)cn1C1CC1. The molecule has 1 amide bonds. The zero-order valence-electron chi connectivity index (χ0n) is 12.7. The summed E-state index contributed by atoms with van der Waals surface area (Å²) in [5.41, 5.74) is 0.827. The Hall–Kier alpha value is -0.810. The van der Waals surface area contributed by atoms with Crippen molar-refractivity contribution in [1.82, 2.24) is 14.8 Å². The van der Waals surface area contributed by atoms with E-state index in [-0.39, 0.29) is 11.3 Å². The van der Waals surface area contributed by atoms with Crippen molar-refractivity contribution < 1.29 is 4.79 Å². The molecule has 20 heavy (non-hydrogen) atoms. The van der Waals surface area contributed by atoms with Crippen molar-refractivity contribution in [2.75, 3.05) is 27.2 Å². The van der Waals surface area contributed by atoms with Gasteiger partial charge in [-0.3, -0.25) is 4.79 Å². The number of hydrogen-bond acceptors (Lipinski definition) is 2. The van der Waals surface area contributed by atoms with Gasteiger partial charge in [-0.15, -0.1) is 0 Å². The Bertz CT molecular complexity index is 489. The number of nitrogens with zero attached hydrogens (tertiary/aromatic N) is 2. The van der Waals surface area contributed by atoms with Gasteiger partial charge in [-0.25, -0.2) is 0 Å². The Morgan fingerprint density at radius 1 is 1.50 bits per heavy atom. The molecule has 0 aromatic carbocycles. The van der Waals surface area contributed by atoms with Gasteiger partial charge in [0.1, 0.15) is 5.69 Å². The standard InChI is InChI=1S/C15H24BrN3O/c1-15(2,10-18(3)4)9-17-14(20)13-7-11(16)8-19(13)12-5-6-12/h7-8,12H,5-6,9-10H2,1-4H3,(H,17,20). The minimum atomic E-state index is 0.0226. The Balaban J connectivity index is 1.98. The molecule has 0 spiro atoms. The van der Waals surface area contributed by atoms with E-state index in [2.05, 4.69) is 58.7 Å². The van der Waals surface area contributed by atoms with Crippen LogP contribution in [0.15, 0.2) is 16.7 Å². The maximum atomic E-state index is 12.4. The first-order chi connectivity index (χ1) is 9.28. The van der Waals surface area contributed by atoms with Crippen molar-refractivity contribution in [2.45, 2.75) is 32.7 Å². The smallest absolute Gasteiger partial charge is 0.267 e. The molecule has 0 unspecified atom stereocenters. The van der Waals surface area contributed by atoms with E-state index in [9.17, 15) is 4.79 Å². The monoisotopic (exact) mass is 341 g/mol. The molecule has 1 N–H and O–H groups in total. The highest BCUT2D eigenvalue weighted by atomic mass is 79.9. The van der Waals surface area contributed by atoms with Gasteiger partial charge in [-0.2, -0.15) is 0 Å². The molecule has 1 aromatic heterocycles. The van der Waals surface area contributed by atoms with Crippen LogP contribution in [0.3, 0.4) is 0 Å². The molecule has 0 aliphatic heterocycles. The van der Waals surface area contributed by atoms with E-state index >= 15 is 0 Å². The highest BCUT2D eigenvalue weighted by Gasteiger charge is 2.28. The van der Waals surface area contributed by atoms with E-state index < -0.39 is 0 Å². The number of carbonyl (C=O) groups excluding carboxylic acids is 1. The molecule has 1 aliphatic carbocycles. The number of hydrogen-bond donors (Lipinski definition) is 1. The summed E-state index contributed by atoms with van der Waals surface area (Å²) in [6.07, 6.45) is 4.36. The topological polar surface area (TPSA) is 37.3 Å². The first-order valence-corrected chi connectivity index (χ1v) is 7.88. The predicted molar refractivity (Wildman–Crippen MR) is 85.1 cm³/mol. The normalized spacial score (nSPS) is 15.7. The van der Waals surface area contributed by atoms with E-state index in [0.717, 1.165) is 16.7 Å². The second kappa shape index (κ2) is 5.90. The molecular weight excluding hydrogens is 318 g/mol. The van der Waals surface area contributed by atoms with Crippen LogP contribution in [0.25, 0.3) is 0 Å². The van der Waals surface area contributed by atoms with E-state index in [4.69, 9.17) is 0 Å². The predicted octanol–water partition coefficient (Wildman–Crippen LogP) is 2.90. The molecule has 0 atom stereocenters. The lowest BCUT2D eigenvalue weighted by Gasteiger charge is -2.28. The molecule has 4 nitrogen and oxygen atoms in total. The third-order valence-corrected chi connectivity index (χ3v) is 3.89. The zero-order chi connectivity index (χ0) is 14.9. The summed E-state index contributed by atoms with van der Waals surface area (Å²) in [5.74, 6) is 0.0226. The van der Waals surface area contributed by atoms with Crippen molar-refractivity contribution in [2.24, 2.45) is 5.41 Å². The van der Waals surface area contributed by atoms with E-state index in [1.165, 1.54) is 12.8 Å². The van der Waals surface area contributed by atoms with Crippen LogP contribution in [0.2, 0.25) is 0 Å². The van der Waals surface area contributed by atoms with Crippen molar-refractivity contribution >= 4 is 21.8 Å². The highest BCUT2D eigenvalue weighted by molar-refractivity contribution is 9.10. The van der Waals surface area contributed by atoms with Crippen LogP contribution in [-0.2, 0) is 0 Å². The number of nitrogens with one attached hydrogen (secondary N) is 1. The molecule has 0 radical (unpaired) electrons. The second-order valence-electron chi connectivity index (χ2n) is 6.77. The van der Waals surface area contributed by atoms with Gasteiger partial charge in [0, 0.05) is 29.8 Å². The molecule has 112 valence electrons. The fourth-order valence-electron chi connectivity index (χ4n) is 2.60. The van der Waals surface area contributed by atoms with Gasteiger partial charge in [-0.05, 0) is 54.3 Å². The summed E-state index contributed by atoms with van der Waals surface area (Å²) in [5, 5.41) is 3.07. The molecule has 1 aromatic rings. The van der Waals surface area contributed by atoms with Gasteiger partial charge < -0.3 is 14.8 Å². The lowest BCUT2D eigenvalue weighted by Crippen LogP contribution is -2.40. The molecule has 1 saturated carbocycles. The molecule has 0 saturated heterocycles. The summed E-state index contributed by atoms with van der Waals surface area (Å²) in [4.78, 5) is 14.5. The van der Waals surface area contributed by atoms with Crippen LogP contribution in [0.1, 0.15) is 43.2 Å². The first-order valence-electron chi connectivity index (χ1n) is 7.09. The fraction of sp³-hybridized carbons (Fsp3) is 0.667. The van der Waals surface area contributed by atoms with Gasteiger partial charge in [-0.1, -0.05) is 13.8 Å². The molecule has 0 bridgehead atoms. The van der Waals surface area contributed by atoms with Crippen LogP contribution in [0.5, 0.6) is 0 Å². The third-order valence-electron chi connectivity index (χ3n) is 3.46. The second-order valence-corrected chi connectivity index (χ2v) is 7.68. The number of aromatic nitrogens is 1. The Labute approximate surface area is 129 Å². The summed E-state index contributed by atoms with van der Waals surface area (Å²) < 4.78 is 3.07. The van der Waals surface area contributed by atoms with Crippen LogP contribution in [-0.4, -0.2) is 42.6 Å². The van der Waals surface area contributed by atoms with Gasteiger partial charge >= 0.3 is 0 Å². The lowest BCUT2D eigenvalue weighted by atomic mass is 9.93. The van der Waals surface area contributed by atoms with Crippen molar-refractivity contribution in [1.29, 1.82) is 0 Å².